The maximum Gasteiger partial charge on any atom is 0.333 e. The zero-order valence-corrected chi connectivity index (χ0v) is 24.0. The Morgan fingerprint density at radius 2 is 1.59 bits per heavy atom. The monoisotopic (exact) mass is 587 g/mol. The molecule has 202 valence electrons. The smallest absolute Gasteiger partial charge is 0.333 e. The highest BCUT2D eigenvalue weighted by molar-refractivity contribution is 9.10. The maximum atomic E-state index is 13.2. The van der Waals surface area contributed by atoms with E-state index in [-0.39, 0.29) is 23.7 Å². The van der Waals surface area contributed by atoms with E-state index in [2.05, 4.69) is 33.0 Å². The molecule has 0 aliphatic carbocycles. The van der Waals surface area contributed by atoms with E-state index in [1.807, 2.05) is 93.0 Å². The van der Waals surface area contributed by atoms with Gasteiger partial charge in [0.2, 0.25) is 0 Å². The van der Waals surface area contributed by atoms with Gasteiger partial charge in [-0.15, -0.1) is 0 Å². The van der Waals surface area contributed by atoms with E-state index in [0.29, 0.717) is 12.5 Å². The third kappa shape index (κ3) is 5.94. The summed E-state index contributed by atoms with van der Waals surface area (Å²) in [6, 6.07) is 25.9. The van der Waals surface area contributed by atoms with Gasteiger partial charge in [0.25, 0.3) is 0 Å². The lowest BCUT2D eigenvalue weighted by atomic mass is 9.88. The van der Waals surface area contributed by atoms with Gasteiger partial charge < -0.3 is 4.74 Å². The van der Waals surface area contributed by atoms with Crippen LogP contribution in [0.1, 0.15) is 61.4 Å². The van der Waals surface area contributed by atoms with Crippen molar-refractivity contribution in [1.82, 2.24) is 14.0 Å². The van der Waals surface area contributed by atoms with E-state index in [1.54, 1.807) is 9.13 Å². The maximum absolute atomic E-state index is 13.2. The summed E-state index contributed by atoms with van der Waals surface area (Å²) in [4.78, 5) is 28.3. The Hall–Kier alpha value is -3.42. The van der Waals surface area contributed by atoms with E-state index in [9.17, 15) is 9.59 Å². The van der Waals surface area contributed by atoms with Crippen molar-refractivity contribution in [3.8, 4) is 5.69 Å². The van der Waals surface area contributed by atoms with Gasteiger partial charge in [0.1, 0.15) is 6.04 Å². The minimum atomic E-state index is -0.370. The fourth-order valence-corrected chi connectivity index (χ4v) is 5.80. The number of hydrogen-bond acceptors (Lipinski definition) is 4. The lowest BCUT2D eigenvalue weighted by molar-refractivity contribution is -0.150. The molecule has 1 aromatic heterocycles. The van der Waals surface area contributed by atoms with E-state index in [1.165, 1.54) is 5.56 Å². The molecule has 0 N–H and O–H groups in total. The molecule has 1 saturated heterocycles. The van der Waals surface area contributed by atoms with Crippen LogP contribution in [-0.4, -0.2) is 39.7 Å². The number of carbonyl (C=O) groups excluding carboxylic acids is 1. The number of carbonyl (C=O) groups is 1. The second kappa shape index (κ2) is 12.2. The molecule has 1 fully saturated rings. The molecule has 4 aromatic rings. The van der Waals surface area contributed by atoms with Gasteiger partial charge in [-0.2, -0.15) is 0 Å². The standard InChI is InChI=1S/C32H34BrN3O3/c1-3-39-31(37)30(27-7-5-4-6-8-27)34-19-17-26(18-20-34)25-11-15-29(16-12-25)36-22-21-35(32(36)38)23(2)24-9-13-28(33)14-10-24/h4-16,21-23,26,30H,3,17-20H2,1-2H3/t23-,30?/m1/s1. The summed E-state index contributed by atoms with van der Waals surface area (Å²) in [5.74, 6) is 0.228. The van der Waals surface area contributed by atoms with Gasteiger partial charge in [0, 0.05) is 16.9 Å². The molecule has 5 rings (SSSR count). The van der Waals surface area contributed by atoms with Crippen molar-refractivity contribution in [1.29, 1.82) is 0 Å². The van der Waals surface area contributed by atoms with Gasteiger partial charge in [-0.1, -0.05) is 70.5 Å². The van der Waals surface area contributed by atoms with Gasteiger partial charge in [0.05, 0.1) is 18.3 Å². The molecule has 0 bridgehead atoms. The van der Waals surface area contributed by atoms with Crippen molar-refractivity contribution in [2.75, 3.05) is 19.7 Å². The number of aromatic nitrogens is 2. The predicted octanol–water partition coefficient (Wildman–Crippen LogP) is 6.49. The number of nitrogens with zero attached hydrogens (tertiary/aromatic N) is 3. The molecular weight excluding hydrogens is 554 g/mol. The number of likely N-dealkylation sites (tertiary alicyclic amines) is 1. The number of imidazole rings is 1. The van der Waals surface area contributed by atoms with Crippen LogP contribution in [0.4, 0.5) is 0 Å². The summed E-state index contributed by atoms with van der Waals surface area (Å²) < 4.78 is 9.90. The SMILES string of the molecule is CCOC(=O)C(c1ccccc1)N1CCC(c2ccc(-n3ccn([C@H](C)c4ccc(Br)cc4)c3=O)cc2)CC1. The summed E-state index contributed by atoms with van der Waals surface area (Å²) in [7, 11) is 0. The normalized spacial score (nSPS) is 16.1. The third-order valence-electron chi connectivity index (χ3n) is 7.74. The number of esters is 1. The van der Waals surface area contributed by atoms with Crippen molar-refractivity contribution in [2.45, 2.75) is 44.7 Å². The number of hydrogen-bond donors (Lipinski definition) is 0. The number of rotatable bonds is 8. The second-order valence-corrected chi connectivity index (χ2v) is 11.0. The first-order chi connectivity index (χ1) is 19.0. The summed E-state index contributed by atoms with van der Waals surface area (Å²) in [6.45, 7) is 5.90. The van der Waals surface area contributed by atoms with Gasteiger partial charge in [-0.25, -0.2) is 9.59 Å². The fourth-order valence-electron chi connectivity index (χ4n) is 5.53. The van der Waals surface area contributed by atoms with E-state index in [4.69, 9.17) is 4.74 Å². The molecule has 1 aliphatic rings. The van der Waals surface area contributed by atoms with Crippen molar-refractivity contribution >= 4 is 21.9 Å². The predicted molar refractivity (Wildman–Crippen MR) is 157 cm³/mol. The molecule has 39 heavy (non-hydrogen) atoms. The first-order valence-electron chi connectivity index (χ1n) is 13.6. The fraction of sp³-hybridized carbons (Fsp3) is 0.312. The largest absolute Gasteiger partial charge is 0.465 e. The summed E-state index contributed by atoms with van der Waals surface area (Å²) in [5.41, 5.74) is 4.12. The highest BCUT2D eigenvalue weighted by Crippen LogP contribution is 2.33. The van der Waals surface area contributed by atoms with Crippen molar-refractivity contribution in [3.63, 3.8) is 0 Å². The molecule has 1 unspecified atom stereocenters. The summed E-state index contributed by atoms with van der Waals surface area (Å²) in [5, 5.41) is 0. The minimum Gasteiger partial charge on any atom is -0.465 e. The topological polar surface area (TPSA) is 56.5 Å². The highest BCUT2D eigenvalue weighted by atomic mass is 79.9. The third-order valence-corrected chi connectivity index (χ3v) is 8.26. The minimum absolute atomic E-state index is 0.0580. The van der Waals surface area contributed by atoms with Crippen LogP contribution in [-0.2, 0) is 9.53 Å². The average molecular weight is 589 g/mol. The molecule has 1 aliphatic heterocycles. The Bertz CT molecular complexity index is 1440. The van der Waals surface area contributed by atoms with Crippen molar-refractivity contribution < 1.29 is 9.53 Å². The van der Waals surface area contributed by atoms with E-state index < -0.39 is 0 Å². The summed E-state index contributed by atoms with van der Waals surface area (Å²) in [6.07, 6.45) is 5.61. The number of ether oxygens (including phenoxy) is 1. The number of halogens is 1. The summed E-state index contributed by atoms with van der Waals surface area (Å²) >= 11 is 3.47. The molecule has 3 aromatic carbocycles. The molecular formula is C32H34BrN3O3. The van der Waals surface area contributed by atoms with Gasteiger partial charge >= 0.3 is 11.7 Å². The van der Waals surface area contributed by atoms with Crippen LogP contribution in [0.3, 0.4) is 0 Å². The van der Waals surface area contributed by atoms with E-state index >= 15 is 0 Å². The van der Waals surface area contributed by atoms with Crippen LogP contribution in [0.15, 0.2) is 101 Å². The van der Waals surface area contributed by atoms with Crippen LogP contribution in [0.5, 0.6) is 0 Å². The molecule has 2 atom stereocenters. The first-order valence-corrected chi connectivity index (χ1v) is 14.4. The van der Waals surface area contributed by atoms with E-state index in [0.717, 1.165) is 47.2 Å². The molecule has 0 radical (unpaired) electrons. The van der Waals surface area contributed by atoms with Crippen molar-refractivity contribution in [3.05, 3.63) is 123 Å². The molecule has 2 heterocycles. The number of benzene rings is 3. The molecule has 0 spiro atoms. The van der Waals surface area contributed by atoms with Gasteiger partial charge in [-0.3, -0.25) is 14.0 Å². The molecule has 0 saturated carbocycles. The van der Waals surface area contributed by atoms with Crippen LogP contribution in [0.25, 0.3) is 5.69 Å². The highest BCUT2D eigenvalue weighted by Gasteiger charge is 2.32. The average Bonchev–Trinajstić information content (AvgIpc) is 3.35. The molecule has 0 amide bonds. The molecule has 7 heteroatoms. The Labute approximate surface area is 238 Å². The van der Waals surface area contributed by atoms with Crippen LogP contribution in [0, 0.1) is 0 Å². The van der Waals surface area contributed by atoms with Crippen molar-refractivity contribution in [2.24, 2.45) is 0 Å². The van der Waals surface area contributed by atoms with Crippen LogP contribution < -0.4 is 5.69 Å². The lowest BCUT2D eigenvalue weighted by Gasteiger charge is -2.36. The Balaban J connectivity index is 1.27. The lowest BCUT2D eigenvalue weighted by Crippen LogP contribution is -2.40. The first kappa shape index (κ1) is 27.2. The van der Waals surface area contributed by atoms with Crippen LogP contribution in [0.2, 0.25) is 0 Å². The van der Waals surface area contributed by atoms with Gasteiger partial charge in [-0.05, 0) is 86.7 Å². The zero-order chi connectivity index (χ0) is 27.4. The second-order valence-electron chi connectivity index (χ2n) is 10.1. The zero-order valence-electron chi connectivity index (χ0n) is 22.4. The number of piperidine rings is 1. The quantitative estimate of drug-likeness (QED) is 0.221. The van der Waals surface area contributed by atoms with Crippen LogP contribution >= 0.6 is 15.9 Å². The molecule has 6 nitrogen and oxygen atoms in total. The Morgan fingerprint density at radius 3 is 2.23 bits per heavy atom. The Kier molecular flexibility index (Phi) is 8.48. The van der Waals surface area contributed by atoms with Gasteiger partial charge in [0.15, 0.2) is 0 Å². The Morgan fingerprint density at radius 1 is 0.923 bits per heavy atom.